The summed E-state index contributed by atoms with van der Waals surface area (Å²) in [5.74, 6) is 0.484. The van der Waals surface area contributed by atoms with Gasteiger partial charge in [-0.3, -0.25) is 9.59 Å². The Morgan fingerprint density at radius 3 is 2.52 bits per heavy atom. The van der Waals surface area contributed by atoms with E-state index in [1.54, 1.807) is 37.4 Å². The Morgan fingerprint density at radius 2 is 1.77 bits per heavy atom. The number of hydrogen-bond donors (Lipinski definition) is 2. The van der Waals surface area contributed by atoms with Gasteiger partial charge in [0.2, 0.25) is 5.91 Å². The maximum absolute atomic E-state index is 12.9. The lowest BCUT2D eigenvalue weighted by Gasteiger charge is -2.16. The number of nitrogens with one attached hydrogen (secondary N) is 2. The van der Waals surface area contributed by atoms with Crippen molar-refractivity contribution >= 4 is 40.9 Å². The second kappa shape index (κ2) is 10.9. The first-order chi connectivity index (χ1) is 15.0. The van der Waals surface area contributed by atoms with E-state index < -0.39 is 0 Å². The van der Waals surface area contributed by atoms with Crippen LogP contribution in [0.2, 0.25) is 5.02 Å². The van der Waals surface area contributed by atoms with Crippen LogP contribution in [0.1, 0.15) is 28.9 Å². The number of rotatable bonds is 8. The summed E-state index contributed by atoms with van der Waals surface area (Å²) in [7, 11) is 1.58. The summed E-state index contributed by atoms with van der Waals surface area (Å²) in [5.41, 5.74) is 2.15. The number of methoxy groups -OCH3 is 1. The summed E-state index contributed by atoms with van der Waals surface area (Å²) in [6.45, 7) is 1.92. The molecule has 3 rings (SSSR count). The normalized spacial score (nSPS) is 11.5. The highest BCUT2D eigenvalue weighted by molar-refractivity contribution is 8.00. The zero-order valence-corrected chi connectivity index (χ0v) is 18.8. The van der Waals surface area contributed by atoms with E-state index in [-0.39, 0.29) is 23.6 Å². The minimum absolute atomic E-state index is 0.164. The molecule has 0 bridgehead atoms. The Kier molecular flexibility index (Phi) is 7.98. The van der Waals surface area contributed by atoms with Crippen LogP contribution in [-0.2, 0) is 4.79 Å². The number of thioether (sulfide) groups is 1. The molecule has 0 spiro atoms. The third-order valence-electron chi connectivity index (χ3n) is 4.56. The van der Waals surface area contributed by atoms with E-state index in [9.17, 15) is 9.59 Å². The summed E-state index contributed by atoms with van der Waals surface area (Å²) in [4.78, 5) is 26.0. The number of amides is 2. The van der Waals surface area contributed by atoms with Crippen LogP contribution >= 0.6 is 23.4 Å². The van der Waals surface area contributed by atoms with Crippen LogP contribution in [0.5, 0.6) is 5.75 Å². The maximum atomic E-state index is 12.9. The van der Waals surface area contributed by atoms with Gasteiger partial charge in [0.05, 0.1) is 24.5 Å². The summed E-state index contributed by atoms with van der Waals surface area (Å²) in [5, 5.41) is 6.49. The number of carbonyl (C=O) groups excluding carboxylic acids is 2. The number of halogens is 1. The molecule has 1 unspecified atom stereocenters. The molecule has 0 saturated carbocycles. The van der Waals surface area contributed by atoms with Gasteiger partial charge in [0, 0.05) is 21.7 Å². The Labute approximate surface area is 191 Å². The minimum Gasteiger partial charge on any atom is -0.497 e. The van der Waals surface area contributed by atoms with Crippen molar-refractivity contribution in [1.29, 1.82) is 0 Å². The lowest BCUT2D eigenvalue weighted by Crippen LogP contribution is -2.27. The maximum Gasteiger partial charge on any atom is 0.252 e. The van der Waals surface area contributed by atoms with Crippen LogP contribution < -0.4 is 15.4 Å². The predicted molar refractivity (Wildman–Crippen MR) is 126 cm³/mol. The molecule has 1 atom stereocenters. The predicted octanol–water partition coefficient (Wildman–Crippen LogP) is 5.57. The van der Waals surface area contributed by atoms with Gasteiger partial charge in [0.1, 0.15) is 5.75 Å². The van der Waals surface area contributed by atoms with Gasteiger partial charge in [-0.1, -0.05) is 41.9 Å². The number of benzene rings is 3. The number of anilines is 1. The molecule has 0 saturated heterocycles. The summed E-state index contributed by atoms with van der Waals surface area (Å²) in [6.07, 6.45) is 0. The van der Waals surface area contributed by atoms with Crippen molar-refractivity contribution in [3.05, 3.63) is 88.9 Å². The minimum atomic E-state index is -0.196. The molecule has 0 aliphatic heterocycles. The lowest BCUT2D eigenvalue weighted by molar-refractivity contribution is -0.113. The van der Waals surface area contributed by atoms with Gasteiger partial charge < -0.3 is 15.4 Å². The van der Waals surface area contributed by atoms with Crippen molar-refractivity contribution in [3.8, 4) is 5.75 Å². The third-order valence-corrected chi connectivity index (χ3v) is 5.89. The van der Waals surface area contributed by atoms with Crippen LogP contribution in [0.25, 0.3) is 0 Å². The van der Waals surface area contributed by atoms with Crippen molar-refractivity contribution in [2.24, 2.45) is 0 Å². The van der Waals surface area contributed by atoms with E-state index in [1.807, 2.05) is 49.4 Å². The zero-order valence-electron chi connectivity index (χ0n) is 17.2. The van der Waals surface area contributed by atoms with Crippen LogP contribution in [0.3, 0.4) is 0 Å². The average Bonchev–Trinajstić information content (AvgIpc) is 2.78. The van der Waals surface area contributed by atoms with E-state index in [4.69, 9.17) is 16.3 Å². The molecule has 5 nitrogen and oxygen atoms in total. The van der Waals surface area contributed by atoms with Gasteiger partial charge in [-0.2, -0.15) is 0 Å². The first kappa shape index (κ1) is 22.7. The fourth-order valence-electron chi connectivity index (χ4n) is 2.93. The molecular formula is C24H23ClN2O3S. The van der Waals surface area contributed by atoms with E-state index in [0.29, 0.717) is 22.0 Å². The van der Waals surface area contributed by atoms with Gasteiger partial charge in [-0.15, -0.1) is 11.8 Å². The highest BCUT2D eigenvalue weighted by atomic mass is 35.5. The zero-order chi connectivity index (χ0) is 22.2. The average molecular weight is 455 g/mol. The molecule has 0 fully saturated rings. The molecule has 2 amide bonds. The molecule has 0 aromatic heterocycles. The third kappa shape index (κ3) is 6.51. The highest BCUT2D eigenvalue weighted by Crippen LogP contribution is 2.25. The largest absolute Gasteiger partial charge is 0.497 e. The second-order valence-corrected chi connectivity index (χ2v) is 8.27. The van der Waals surface area contributed by atoms with Crippen molar-refractivity contribution in [1.82, 2.24) is 5.32 Å². The van der Waals surface area contributed by atoms with E-state index in [0.717, 1.165) is 10.5 Å². The second-order valence-electron chi connectivity index (χ2n) is 6.81. The van der Waals surface area contributed by atoms with E-state index in [2.05, 4.69) is 10.6 Å². The van der Waals surface area contributed by atoms with Gasteiger partial charge in [0.15, 0.2) is 0 Å². The fourth-order valence-corrected chi connectivity index (χ4v) is 3.91. The van der Waals surface area contributed by atoms with Gasteiger partial charge in [0.25, 0.3) is 5.91 Å². The quantitative estimate of drug-likeness (QED) is 0.436. The summed E-state index contributed by atoms with van der Waals surface area (Å²) in [6, 6.07) is 21.6. The van der Waals surface area contributed by atoms with Crippen molar-refractivity contribution in [3.63, 3.8) is 0 Å². The smallest absolute Gasteiger partial charge is 0.252 e. The monoisotopic (exact) mass is 454 g/mol. The molecule has 2 N–H and O–H groups in total. The van der Waals surface area contributed by atoms with E-state index in [1.165, 1.54) is 11.8 Å². The van der Waals surface area contributed by atoms with Crippen molar-refractivity contribution < 1.29 is 14.3 Å². The Morgan fingerprint density at radius 1 is 1.03 bits per heavy atom. The van der Waals surface area contributed by atoms with Crippen molar-refractivity contribution in [2.45, 2.75) is 17.9 Å². The summed E-state index contributed by atoms with van der Waals surface area (Å²) < 4.78 is 5.17. The fraction of sp³-hybridized carbons (Fsp3) is 0.167. The SMILES string of the molecule is COc1cccc(NC(=O)CSc2ccccc2C(=O)NC(C)c2ccc(Cl)cc2)c1. The number of hydrogen-bond acceptors (Lipinski definition) is 4. The van der Waals surface area contributed by atoms with Crippen molar-refractivity contribution in [2.75, 3.05) is 18.2 Å². The molecule has 7 heteroatoms. The highest BCUT2D eigenvalue weighted by Gasteiger charge is 2.16. The van der Waals surface area contributed by atoms with Gasteiger partial charge in [-0.25, -0.2) is 0 Å². The van der Waals surface area contributed by atoms with Gasteiger partial charge in [-0.05, 0) is 48.9 Å². The number of ether oxygens (including phenoxy) is 1. The molecule has 31 heavy (non-hydrogen) atoms. The van der Waals surface area contributed by atoms with Crippen LogP contribution in [0, 0.1) is 0 Å². The molecule has 160 valence electrons. The van der Waals surface area contributed by atoms with Crippen LogP contribution in [0.4, 0.5) is 5.69 Å². The number of carbonyl (C=O) groups is 2. The lowest BCUT2D eigenvalue weighted by atomic mass is 10.1. The Bertz CT molecular complexity index is 1060. The molecule has 0 aliphatic rings. The van der Waals surface area contributed by atoms with Crippen LogP contribution in [0.15, 0.2) is 77.7 Å². The molecule has 0 aliphatic carbocycles. The molecular weight excluding hydrogens is 432 g/mol. The van der Waals surface area contributed by atoms with Gasteiger partial charge >= 0.3 is 0 Å². The van der Waals surface area contributed by atoms with Crippen LogP contribution in [-0.4, -0.2) is 24.7 Å². The standard InChI is InChI=1S/C24H23ClN2O3S/c1-16(17-10-12-18(25)13-11-17)26-24(29)21-8-3-4-9-22(21)31-15-23(28)27-19-6-5-7-20(14-19)30-2/h3-14,16H,15H2,1-2H3,(H,26,29)(H,27,28). The summed E-state index contributed by atoms with van der Waals surface area (Å²) >= 11 is 7.25. The Hall–Kier alpha value is -2.96. The molecule has 0 radical (unpaired) electrons. The molecule has 3 aromatic rings. The first-order valence-electron chi connectivity index (χ1n) is 9.68. The Balaban J connectivity index is 1.62. The topological polar surface area (TPSA) is 67.4 Å². The van der Waals surface area contributed by atoms with E-state index >= 15 is 0 Å². The first-order valence-corrected chi connectivity index (χ1v) is 11.0. The molecule has 3 aromatic carbocycles. The molecule has 0 heterocycles.